The summed E-state index contributed by atoms with van der Waals surface area (Å²) in [6.07, 6.45) is 0. The standard InChI is InChI=1S/C13H12O3S/c1-15-12-7-3-2-6-11(12)13(14)16-9-10-5-4-8-17-10/h2-8H,9H2,1H3. The van der Waals surface area contributed by atoms with Gasteiger partial charge in [-0.05, 0) is 23.6 Å². The molecule has 0 amide bonds. The molecule has 0 N–H and O–H groups in total. The van der Waals surface area contributed by atoms with Gasteiger partial charge in [-0.2, -0.15) is 0 Å². The molecule has 0 radical (unpaired) electrons. The van der Waals surface area contributed by atoms with Crippen molar-refractivity contribution in [3.63, 3.8) is 0 Å². The van der Waals surface area contributed by atoms with E-state index >= 15 is 0 Å². The van der Waals surface area contributed by atoms with Crippen molar-refractivity contribution in [2.24, 2.45) is 0 Å². The van der Waals surface area contributed by atoms with Crippen LogP contribution in [0.15, 0.2) is 41.8 Å². The molecule has 3 nitrogen and oxygen atoms in total. The van der Waals surface area contributed by atoms with Gasteiger partial charge in [0.2, 0.25) is 0 Å². The van der Waals surface area contributed by atoms with Gasteiger partial charge in [-0.15, -0.1) is 11.3 Å². The van der Waals surface area contributed by atoms with Crippen molar-refractivity contribution in [2.45, 2.75) is 6.61 Å². The average Bonchev–Trinajstić information content (AvgIpc) is 2.89. The molecule has 0 unspecified atom stereocenters. The van der Waals surface area contributed by atoms with E-state index in [1.807, 2.05) is 23.6 Å². The van der Waals surface area contributed by atoms with Gasteiger partial charge in [-0.25, -0.2) is 4.79 Å². The summed E-state index contributed by atoms with van der Waals surface area (Å²) in [6.45, 7) is 0.300. The molecule has 0 fully saturated rings. The summed E-state index contributed by atoms with van der Waals surface area (Å²) in [5.41, 5.74) is 0.451. The maximum absolute atomic E-state index is 11.8. The zero-order chi connectivity index (χ0) is 12.1. The van der Waals surface area contributed by atoms with Gasteiger partial charge in [-0.3, -0.25) is 0 Å². The molecule has 0 aliphatic heterocycles. The predicted octanol–water partition coefficient (Wildman–Crippen LogP) is 3.11. The van der Waals surface area contributed by atoms with Crippen molar-refractivity contribution in [2.75, 3.05) is 7.11 Å². The van der Waals surface area contributed by atoms with E-state index in [9.17, 15) is 4.79 Å². The van der Waals surface area contributed by atoms with Crippen LogP contribution < -0.4 is 4.74 Å². The molecule has 2 rings (SSSR count). The summed E-state index contributed by atoms with van der Waals surface area (Å²) in [4.78, 5) is 12.8. The van der Waals surface area contributed by atoms with Crippen LogP contribution in [0.2, 0.25) is 0 Å². The second-order valence-electron chi connectivity index (χ2n) is 3.36. The van der Waals surface area contributed by atoms with Gasteiger partial charge in [0.15, 0.2) is 0 Å². The Labute approximate surface area is 104 Å². The Bertz CT molecular complexity index is 491. The summed E-state index contributed by atoms with van der Waals surface area (Å²) >= 11 is 1.56. The highest BCUT2D eigenvalue weighted by atomic mass is 32.1. The quantitative estimate of drug-likeness (QED) is 0.780. The lowest BCUT2D eigenvalue weighted by molar-refractivity contribution is 0.0473. The Kier molecular flexibility index (Phi) is 3.77. The van der Waals surface area contributed by atoms with Gasteiger partial charge >= 0.3 is 5.97 Å². The molecule has 4 heteroatoms. The topological polar surface area (TPSA) is 35.5 Å². The van der Waals surface area contributed by atoms with Crippen LogP contribution >= 0.6 is 11.3 Å². The van der Waals surface area contributed by atoms with E-state index in [0.717, 1.165) is 4.88 Å². The first-order chi connectivity index (χ1) is 8.31. The number of benzene rings is 1. The smallest absolute Gasteiger partial charge is 0.342 e. The van der Waals surface area contributed by atoms with Crippen LogP contribution in [0.4, 0.5) is 0 Å². The number of para-hydroxylation sites is 1. The number of thiophene rings is 1. The summed E-state index contributed by atoms with van der Waals surface area (Å²) < 4.78 is 10.3. The van der Waals surface area contributed by atoms with Gasteiger partial charge in [0.05, 0.1) is 7.11 Å². The lowest BCUT2D eigenvalue weighted by atomic mass is 10.2. The third kappa shape index (κ3) is 2.85. The molecule has 1 aromatic carbocycles. The fourth-order valence-electron chi connectivity index (χ4n) is 1.42. The van der Waals surface area contributed by atoms with Crippen LogP contribution in [0.3, 0.4) is 0 Å². The van der Waals surface area contributed by atoms with Gasteiger partial charge in [-0.1, -0.05) is 18.2 Å². The SMILES string of the molecule is COc1ccccc1C(=O)OCc1cccs1. The van der Waals surface area contributed by atoms with E-state index < -0.39 is 0 Å². The van der Waals surface area contributed by atoms with Crippen molar-refractivity contribution in [3.8, 4) is 5.75 Å². The molecule has 0 aliphatic rings. The molecule has 17 heavy (non-hydrogen) atoms. The fraction of sp³-hybridized carbons (Fsp3) is 0.154. The summed E-state index contributed by atoms with van der Waals surface area (Å²) in [7, 11) is 1.53. The molecule has 1 heterocycles. The van der Waals surface area contributed by atoms with E-state index in [1.54, 1.807) is 29.5 Å². The van der Waals surface area contributed by atoms with Crippen molar-refractivity contribution in [3.05, 3.63) is 52.2 Å². The molecule has 0 spiro atoms. The number of carbonyl (C=O) groups excluding carboxylic acids is 1. The number of carbonyl (C=O) groups is 1. The third-order valence-electron chi connectivity index (χ3n) is 2.25. The highest BCUT2D eigenvalue weighted by Gasteiger charge is 2.12. The van der Waals surface area contributed by atoms with Gasteiger partial charge in [0.1, 0.15) is 17.9 Å². The first kappa shape index (κ1) is 11.7. The molecule has 0 aliphatic carbocycles. The summed E-state index contributed by atoms with van der Waals surface area (Å²) in [5.74, 6) is 0.166. The number of rotatable bonds is 4. The van der Waals surface area contributed by atoms with E-state index in [-0.39, 0.29) is 5.97 Å². The highest BCUT2D eigenvalue weighted by Crippen LogP contribution is 2.19. The van der Waals surface area contributed by atoms with Crippen molar-refractivity contribution in [1.29, 1.82) is 0 Å². The Morgan fingerprint density at radius 2 is 2.06 bits per heavy atom. The van der Waals surface area contributed by atoms with Crippen LogP contribution in [0.25, 0.3) is 0 Å². The lowest BCUT2D eigenvalue weighted by Crippen LogP contribution is -2.06. The van der Waals surface area contributed by atoms with E-state index in [0.29, 0.717) is 17.9 Å². The molecule has 0 bridgehead atoms. The van der Waals surface area contributed by atoms with Crippen LogP contribution in [-0.2, 0) is 11.3 Å². The van der Waals surface area contributed by atoms with Crippen LogP contribution in [-0.4, -0.2) is 13.1 Å². The lowest BCUT2D eigenvalue weighted by Gasteiger charge is -2.07. The highest BCUT2D eigenvalue weighted by molar-refractivity contribution is 7.09. The van der Waals surface area contributed by atoms with E-state index in [4.69, 9.17) is 9.47 Å². The zero-order valence-electron chi connectivity index (χ0n) is 9.38. The van der Waals surface area contributed by atoms with E-state index in [1.165, 1.54) is 7.11 Å². The second kappa shape index (κ2) is 5.50. The largest absolute Gasteiger partial charge is 0.496 e. The number of hydrogen-bond acceptors (Lipinski definition) is 4. The van der Waals surface area contributed by atoms with Crippen LogP contribution in [0, 0.1) is 0 Å². The van der Waals surface area contributed by atoms with Crippen LogP contribution in [0.1, 0.15) is 15.2 Å². The molecular weight excluding hydrogens is 236 g/mol. The van der Waals surface area contributed by atoms with Crippen molar-refractivity contribution in [1.82, 2.24) is 0 Å². The molecule has 1 aromatic heterocycles. The first-order valence-corrected chi connectivity index (χ1v) is 6.02. The Morgan fingerprint density at radius 3 is 2.76 bits per heavy atom. The molecule has 0 saturated carbocycles. The van der Waals surface area contributed by atoms with Gasteiger partial charge < -0.3 is 9.47 Å². The Hall–Kier alpha value is -1.81. The molecule has 0 saturated heterocycles. The number of esters is 1. The third-order valence-corrected chi connectivity index (χ3v) is 3.10. The number of hydrogen-bond donors (Lipinski definition) is 0. The minimum atomic E-state index is -0.365. The maximum Gasteiger partial charge on any atom is 0.342 e. The first-order valence-electron chi connectivity index (χ1n) is 5.14. The normalized spacial score (nSPS) is 9.94. The second-order valence-corrected chi connectivity index (χ2v) is 4.39. The molecular formula is C13H12O3S. The summed E-state index contributed by atoms with van der Waals surface area (Å²) in [6, 6.07) is 10.9. The van der Waals surface area contributed by atoms with Crippen molar-refractivity contribution >= 4 is 17.3 Å². The van der Waals surface area contributed by atoms with Crippen molar-refractivity contribution < 1.29 is 14.3 Å². The van der Waals surface area contributed by atoms with Gasteiger partial charge in [0, 0.05) is 4.88 Å². The fourth-order valence-corrected chi connectivity index (χ4v) is 2.04. The predicted molar refractivity (Wildman–Crippen MR) is 66.4 cm³/mol. The minimum Gasteiger partial charge on any atom is -0.496 e. The summed E-state index contributed by atoms with van der Waals surface area (Å²) in [5, 5.41) is 1.95. The zero-order valence-corrected chi connectivity index (χ0v) is 10.2. The molecule has 0 atom stereocenters. The monoisotopic (exact) mass is 248 g/mol. The van der Waals surface area contributed by atoms with E-state index in [2.05, 4.69) is 0 Å². The minimum absolute atomic E-state index is 0.300. The Balaban J connectivity index is 2.04. The average molecular weight is 248 g/mol. The maximum atomic E-state index is 11.8. The number of methoxy groups -OCH3 is 1. The van der Waals surface area contributed by atoms with Gasteiger partial charge in [0.25, 0.3) is 0 Å². The van der Waals surface area contributed by atoms with Crippen LogP contribution in [0.5, 0.6) is 5.75 Å². The number of ether oxygens (including phenoxy) is 2. The molecule has 88 valence electrons. The molecule has 2 aromatic rings. The Morgan fingerprint density at radius 1 is 1.24 bits per heavy atom.